The van der Waals surface area contributed by atoms with Gasteiger partial charge in [0.15, 0.2) is 5.78 Å². The average Bonchev–Trinajstić information content (AvgIpc) is 2.15. The van der Waals surface area contributed by atoms with Crippen molar-refractivity contribution < 1.29 is 14.3 Å². The summed E-state index contributed by atoms with van der Waals surface area (Å²) in [6.45, 7) is 5.81. The van der Waals surface area contributed by atoms with Gasteiger partial charge in [0.2, 0.25) is 0 Å². The molecular formula is C11H16O3. The van der Waals surface area contributed by atoms with Crippen LogP contribution in [0.4, 0.5) is 0 Å². The highest BCUT2D eigenvalue weighted by molar-refractivity contribution is 5.98. The highest BCUT2D eigenvalue weighted by Crippen LogP contribution is 2.28. The van der Waals surface area contributed by atoms with E-state index in [9.17, 15) is 9.59 Å². The van der Waals surface area contributed by atoms with Gasteiger partial charge in [-0.05, 0) is 32.8 Å². The largest absolute Gasteiger partial charge is 0.466 e. The van der Waals surface area contributed by atoms with Crippen molar-refractivity contribution in [3.05, 3.63) is 11.1 Å². The number of carbonyl (C=O) groups excluding carboxylic acids is 2. The van der Waals surface area contributed by atoms with Gasteiger partial charge in [0, 0.05) is 6.42 Å². The van der Waals surface area contributed by atoms with E-state index in [0.717, 1.165) is 11.1 Å². The van der Waals surface area contributed by atoms with Crippen molar-refractivity contribution in [2.75, 3.05) is 6.61 Å². The Labute approximate surface area is 84.1 Å². The summed E-state index contributed by atoms with van der Waals surface area (Å²) < 4.78 is 4.95. The van der Waals surface area contributed by atoms with Crippen molar-refractivity contribution in [3.8, 4) is 0 Å². The molecule has 0 aromatic rings. The highest BCUT2D eigenvalue weighted by atomic mass is 16.5. The van der Waals surface area contributed by atoms with Crippen LogP contribution in [0.25, 0.3) is 0 Å². The van der Waals surface area contributed by atoms with Crippen molar-refractivity contribution in [3.63, 3.8) is 0 Å². The Morgan fingerprint density at radius 1 is 1.50 bits per heavy atom. The Morgan fingerprint density at radius 2 is 2.14 bits per heavy atom. The smallest absolute Gasteiger partial charge is 0.313 e. The molecule has 1 aliphatic carbocycles. The fraction of sp³-hybridized carbons (Fsp3) is 0.636. The van der Waals surface area contributed by atoms with Crippen molar-refractivity contribution in [2.24, 2.45) is 5.92 Å². The van der Waals surface area contributed by atoms with Gasteiger partial charge in [-0.15, -0.1) is 0 Å². The van der Waals surface area contributed by atoms with Gasteiger partial charge in [0.05, 0.1) is 12.5 Å². The first-order valence-electron chi connectivity index (χ1n) is 4.95. The molecule has 0 bridgehead atoms. The van der Waals surface area contributed by atoms with Crippen LogP contribution in [0.5, 0.6) is 0 Å². The molecule has 0 aromatic heterocycles. The van der Waals surface area contributed by atoms with Crippen LogP contribution in [-0.2, 0) is 14.3 Å². The lowest BCUT2D eigenvalue weighted by Crippen LogP contribution is -2.25. The standard InChI is InChI=1S/C11H16O3/c1-4-14-11(13)9-5-6-10(12)8(3)7(9)2/h9H,4-6H2,1-3H3. The summed E-state index contributed by atoms with van der Waals surface area (Å²) in [4.78, 5) is 22.8. The molecule has 0 N–H and O–H groups in total. The number of allylic oxidation sites excluding steroid dienone is 1. The molecule has 1 atom stereocenters. The number of rotatable bonds is 2. The van der Waals surface area contributed by atoms with Crippen molar-refractivity contribution >= 4 is 11.8 Å². The first kappa shape index (κ1) is 11.0. The Balaban J connectivity index is 2.82. The van der Waals surface area contributed by atoms with Crippen LogP contribution < -0.4 is 0 Å². The zero-order valence-electron chi connectivity index (χ0n) is 8.92. The lowest BCUT2D eigenvalue weighted by Gasteiger charge is -2.22. The third-order valence-electron chi connectivity index (χ3n) is 2.76. The number of ether oxygens (including phenoxy) is 1. The fourth-order valence-electron chi connectivity index (χ4n) is 1.70. The second-order valence-electron chi connectivity index (χ2n) is 3.57. The molecule has 14 heavy (non-hydrogen) atoms. The molecule has 0 fully saturated rings. The molecular weight excluding hydrogens is 180 g/mol. The SMILES string of the molecule is CCOC(=O)C1CCC(=O)C(C)=C1C. The van der Waals surface area contributed by atoms with E-state index in [4.69, 9.17) is 4.74 Å². The predicted octanol–water partition coefficient (Wildman–Crippen LogP) is 1.86. The van der Waals surface area contributed by atoms with E-state index in [1.54, 1.807) is 13.8 Å². The molecule has 78 valence electrons. The van der Waals surface area contributed by atoms with Crippen LogP contribution in [0.15, 0.2) is 11.1 Å². The lowest BCUT2D eigenvalue weighted by atomic mass is 9.83. The quantitative estimate of drug-likeness (QED) is 0.633. The lowest BCUT2D eigenvalue weighted by molar-refractivity contribution is -0.147. The van der Waals surface area contributed by atoms with E-state index in [1.807, 2.05) is 6.92 Å². The molecule has 0 spiro atoms. The van der Waals surface area contributed by atoms with Gasteiger partial charge in [-0.3, -0.25) is 9.59 Å². The minimum Gasteiger partial charge on any atom is -0.466 e. The van der Waals surface area contributed by atoms with Gasteiger partial charge in [-0.1, -0.05) is 5.57 Å². The third-order valence-corrected chi connectivity index (χ3v) is 2.76. The molecule has 0 heterocycles. The summed E-state index contributed by atoms with van der Waals surface area (Å²) in [5, 5.41) is 0. The second kappa shape index (κ2) is 4.40. The molecule has 3 heteroatoms. The van der Waals surface area contributed by atoms with Crippen LogP contribution in [-0.4, -0.2) is 18.4 Å². The van der Waals surface area contributed by atoms with E-state index in [2.05, 4.69) is 0 Å². The Kier molecular flexibility index (Phi) is 3.44. The zero-order chi connectivity index (χ0) is 10.7. The summed E-state index contributed by atoms with van der Waals surface area (Å²) in [6, 6.07) is 0. The number of carbonyl (C=O) groups is 2. The molecule has 0 aromatic carbocycles. The van der Waals surface area contributed by atoms with Crippen LogP contribution in [0.3, 0.4) is 0 Å². The second-order valence-corrected chi connectivity index (χ2v) is 3.57. The Hall–Kier alpha value is -1.12. The minimum absolute atomic E-state index is 0.156. The molecule has 1 aliphatic rings. The summed E-state index contributed by atoms with van der Waals surface area (Å²) in [5.74, 6) is -0.243. The molecule has 3 nitrogen and oxygen atoms in total. The van der Waals surface area contributed by atoms with Crippen molar-refractivity contribution in [1.29, 1.82) is 0 Å². The monoisotopic (exact) mass is 196 g/mol. The maximum absolute atomic E-state index is 11.5. The molecule has 0 amide bonds. The predicted molar refractivity (Wildman–Crippen MR) is 52.7 cm³/mol. The number of esters is 1. The van der Waals surface area contributed by atoms with Crippen molar-refractivity contribution in [1.82, 2.24) is 0 Å². The molecule has 0 saturated heterocycles. The van der Waals surface area contributed by atoms with Crippen LogP contribution in [0.2, 0.25) is 0 Å². The normalized spacial score (nSPS) is 22.5. The third kappa shape index (κ3) is 2.03. The average molecular weight is 196 g/mol. The van der Waals surface area contributed by atoms with Gasteiger partial charge < -0.3 is 4.74 Å². The molecule has 1 rings (SSSR count). The Morgan fingerprint density at radius 3 is 2.71 bits per heavy atom. The zero-order valence-corrected chi connectivity index (χ0v) is 8.92. The molecule has 1 unspecified atom stereocenters. The maximum atomic E-state index is 11.5. The first-order valence-corrected chi connectivity index (χ1v) is 4.95. The topological polar surface area (TPSA) is 43.4 Å². The number of hydrogen-bond acceptors (Lipinski definition) is 3. The van der Waals surface area contributed by atoms with Gasteiger partial charge >= 0.3 is 5.97 Å². The minimum atomic E-state index is -0.201. The maximum Gasteiger partial charge on any atom is 0.313 e. The van der Waals surface area contributed by atoms with E-state index >= 15 is 0 Å². The summed E-state index contributed by atoms with van der Waals surface area (Å²) >= 11 is 0. The fourth-order valence-corrected chi connectivity index (χ4v) is 1.70. The van der Waals surface area contributed by atoms with E-state index in [-0.39, 0.29) is 17.7 Å². The van der Waals surface area contributed by atoms with Crippen LogP contribution in [0.1, 0.15) is 33.6 Å². The first-order chi connectivity index (χ1) is 6.57. The number of ketones is 1. The molecule has 0 radical (unpaired) electrons. The van der Waals surface area contributed by atoms with Gasteiger partial charge in [0.1, 0.15) is 0 Å². The summed E-state index contributed by atoms with van der Waals surface area (Å²) in [6.07, 6.45) is 1.06. The Bertz CT molecular complexity index is 289. The summed E-state index contributed by atoms with van der Waals surface area (Å²) in [5.41, 5.74) is 1.61. The molecule has 0 saturated carbocycles. The molecule has 0 aliphatic heterocycles. The summed E-state index contributed by atoms with van der Waals surface area (Å²) in [7, 11) is 0. The van der Waals surface area contributed by atoms with Gasteiger partial charge in [-0.2, -0.15) is 0 Å². The van der Waals surface area contributed by atoms with Gasteiger partial charge in [-0.25, -0.2) is 0 Å². The number of hydrogen-bond donors (Lipinski definition) is 0. The highest BCUT2D eigenvalue weighted by Gasteiger charge is 2.29. The number of Topliss-reactive ketones (excluding diaryl/α,β-unsaturated/α-hetero) is 1. The van der Waals surface area contributed by atoms with E-state index < -0.39 is 0 Å². The van der Waals surface area contributed by atoms with E-state index in [1.165, 1.54) is 0 Å². The van der Waals surface area contributed by atoms with Crippen LogP contribution >= 0.6 is 0 Å². The van der Waals surface area contributed by atoms with Crippen LogP contribution in [0, 0.1) is 5.92 Å². The van der Waals surface area contributed by atoms with Crippen molar-refractivity contribution in [2.45, 2.75) is 33.6 Å². The van der Waals surface area contributed by atoms with Gasteiger partial charge in [0.25, 0.3) is 0 Å². The van der Waals surface area contributed by atoms with E-state index in [0.29, 0.717) is 19.4 Å².